The summed E-state index contributed by atoms with van der Waals surface area (Å²) in [5, 5.41) is 11.8. The number of benzene rings is 1. The molecule has 3 N–H and O–H groups in total. The van der Waals surface area contributed by atoms with E-state index in [4.69, 9.17) is 4.52 Å². The monoisotopic (exact) mass is 316 g/mol. The molecule has 0 unspecified atom stereocenters. The van der Waals surface area contributed by atoms with Gasteiger partial charge in [0.15, 0.2) is 5.76 Å². The van der Waals surface area contributed by atoms with Crippen LogP contribution in [0.1, 0.15) is 23.9 Å². The summed E-state index contributed by atoms with van der Waals surface area (Å²) in [6, 6.07) is 8.58. The molecule has 23 heavy (non-hydrogen) atoms. The second-order valence-electron chi connectivity index (χ2n) is 4.99. The maximum absolute atomic E-state index is 11.8. The Bertz CT molecular complexity index is 664. The summed E-state index contributed by atoms with van der Waals surface area (Å²) in [5.41, 5.74) is 2.38. The highest BCUT2D eigenvalue weighted by atomic mass is 16.5. The molecule has 3 amide bonds. The lowest BCUT2D eigenvalue weighted by atomic mass is 10.1. The van der Waals surface area contributed by atoms with Crippen molar-refractivity contribution in [1.82, 2.24) is 15.8 Å². The van der Waals surface area contributed by atoms with Crippen molar-refractivity contribution in [2.75, 3.05) is 12.4 Å². The van der Waals surface area contributed by atoms with Crippen LogP contribution < -0.4 is 16.0 Å². The van der Waals surface area contributed by atoms with Gasteiger partial charge in [-0.3, -0.25) is 4.79 Å². The number of likely N-dealkylation sites (N-methyl/N-ethyl adjacent to an activating group) is 1. The molecule has 0 bridgehead atoms. The van der Waals surface area contributed by atoms with E-state index in [0.29, 0.717) is 17.9 Å². The van der Waals surface area contributed by atoms with Gasteiger partial charge in [-0.25, -0.2) is 4.79 Å². The third kappa shape index (κ3) is 5.14. The molecule has 1 aromatic heterocycles. The molecule has 7 nitrogen and oxygen atoms in total. The van der Waals surface area contributed by atoms with Gasteiger partial charge in [0.25, 0.3) is 0 Å². The fourth-order valence-electron chi connectivity index (χ4n) is 1.93. The van der Waals surface area contributed by atoms with E-state index in [-0.39, 0.29) is 18.5 Å². The Balaban J connectivity index is 1.81. The molecule has 2 aromatic rings. The van der Waals surface area contributed by atoms with E-state index in [2.05, 4.69) is 21.1 Å². The van der Waals surface area contributed by atoms with Gasteiger partial charge < -0.3 is 20.5 Å². The number of aryl methyl sites for hydroxylation is 1. The lowest BCUT2D eigenvalue weighted by molar-refractivity contribution is -0.119. The van der Waals surface area contributed by atoms with E-state index in [1.54, 1.807) is 31.3 Å². The largest absolute Gasteiger partial charge is 0.359 e. The highest BCUT2D eigenvalue weighted by Crippen LogP contribution is 2.10. The smallest absolute Gasteiger partial charge is 0.319 e. The molecular formula is C16H20N4O3. The second-order valence-corrected chi connectivity index (χ2v) is 4.99. The maximum atomic E-state index is 11.8. The van der Waals surface area contributed by atoms with Crippen molar-refractivity contribution in [2.45, 2.75) is 26.3 Å². The van der Waals surface area contributed by atoms with E-state index >= 15 is 0 Å². The number of urea groups is 1. The van der Waals surface area contributed by atoms with Crippen molar-refractivity contribution in [3.05, 3.63) is 47.3 Å². The fraction of sp³-hybridized carbons (Fsp3) is 0.312. The summed E-state index contributed by atoms with van der Waals surface area (Å²) < 4.78 is 5.09. The number of anilines is 1. The zero-order valence-electron chi connectivity index (χ0n) is 13.2. The SMILES string of the molecule is CCc1cc(CNC(=O)Nc2ccc(CC(=O)NC)cc2)on1. The molecule has 0 aliphatic carbocycles. The first-order chi connectivity index (χ1) is 11.1. The van der Waals surface area contributed by atoms with Crippen molar-refractivity contribution in [2.24, 2.45) is 0 Å². The van der Waals surface area contributed by atoms with E-state index in [0.717, 1.165) is 17.7 Å². The Hall–Kier alpha value is -2.83. The maximum Gasteiger partial charge on any atom is 0.319 e. The van der Waals surface area contributed by atoms with Crippen LogP contribution in [0.25, 0.3) is 0 Å². The summed E-state index contributed by atoms with van der Waals surface area (Å²) in [6.07, 6.45) is 1.10. The molecule has 0 aliphatic heterocycles. The van der Waals surface area contributed by atoms with E-state index < -0.39 is 0 Å². The quantitative estimate of drug-likeness (QED) is 0.757. The van der Waals surface area contributed by atoms with Gasteiger partial charge in [-0.05, 0) is 24.1 Å². The first-order valence-corrected chi connectivity index (χ1v) is 7.39. The molecule has 1 heterocycles. The van der Waals surface area contributed by atoms with Crippen LogP contribution >= 0.6 is 0 Å². The Kier molecular flexibility index (Phi) is 5.74. The third-order valence-electron chi connectivity index (χ3n) is 3.25. The van der Waals surface area contributed by atoms with Gasteiger partial charge in [0.1, 0.15) is 0 Å². The summed E-state index contributed by atoms with van der Waals surface area (Å²) in [7, 11) is 1.60. The third-order valence-corrected chi connectivity index (χ3v) is 3.25. The molecule has 0 atom stereocenters. The topological polar surface area (TPSA) is 96.3 Å². The van der Waals surface area contributed by atoms with Crippen LogP contribution in [0.4, 0.5) is 10.5 Å². The zero-order chi connectivity index (χ0) is 16.7. The average Bonchev–Trinajstić information content (AvgIpc) is 3.03. The predicted molar refractivity (Wildman–Crippen MR) is 86.0 cm³/mol. The van der Waals surface area contributed by atoms with Crippen molar-refractivity contribution in [3.63, 3.8) is 0 Å². The molecule has 0 aliphatic rings. The van der Waals surface area contributed by atoms with Gasteiger partial charge in [0.2, 0.25) is 5.91 Å². The highest BCUT2D eigenvalue weighted by Gasteiger charge is 2.06. The molecule has 0 radical (unpaired) electrons. The minimum Gasteiger partial charge on any atom is -0.359 e. The molecule has 1 aromatic carbocycles. The van der Waals surface area contributed by atoms with Crippen molar-refractivity contribution >= 4 is 17.6 Å². The minimum absolute atomic E-state index is 0.0537. The van der Waals surface area contributed by atoms with Crippen LogP contribution in [-0.2, 0) is 24.2 Å². The predicted octanol–water partition coefficient (Wildman–Crippen LogP) is 1.85. The normalized spacial score (nSPS) is 10.2. The van der Waals surface area contributed by atoms with E-state index in [9.17, 15) is 9.59 Å². The molecule has 0 spiro atoms. The standard InChI is InChI=1S/C16H20N4O3/c1-3-12-9-14(23-20-12)10-18-16(22)19-13-6-4-11(5-7-13)8-15(21)17-2/h4-7,9H,3,8,10H2,1-2H3,(H,17,21)(H2,18,19,22). The molecule has 0 saturated carbocycles. The van der Waals surface area contributed by atoms with Crippen LogP contribution in [0, 0.1) is 0 Å². The van der Waals surface area contributed by atoms with Crippen LogP contribution in [0.3, 0.4) is 0 Å². The van der Waals surface area contributed by atoms with E-state index in [1.807, 2.05) is 13.0 Å². The van der Waals surface area contributed by atoms with Crippen LogP contribution in [0.5, 0.6) is 0 Å². The molecule has 7 heteroatoms. The van der Waals surface area contributed by atoms with Gasteiger partial charge in [-0.1, -0.05) is 24.2 Å². The highest BCUT2D eigenvalue weighted by molar-refractivity contribution is 5.89. The van der Waals surface area contributed by atoms with Crippen LogP contribution in [-0.4, -0.2) is 24.1 Å². The number of carbonyl (C=O) groups is 2. The number of rotatable bonds is 6. The van der Waals surface area contributed by atoms with Gasteiger partial charge in [0, 0.05) is 18.8 Å². The molecule has 0 fully saturated rings. The number of carbonyl (C=O) groups excluding carboxylic acids is 2. The lowest BCUT2D eigenvalue weighted by Crippen LogP contribution is -2.28. The number of nitrogens with one attached hydrogen (secondary N) is 3. The number of aromatic nitrogens is 1. The Morgan fingerprint density at radius 1 is 1.22 bits per heavy atom. The molecule has 2 rings (SSSR count). The van der Waals surface area contributed by atoms with Gasteiger partial charge in [0.05, 0.1) is 18.7 Å². The number of amides is 3. The minimum atomic E-state index is -0.335. The number of nitrogens with zero attached hydrogens (tertiary/aromatic N) is 1. The van der Waals surface area contributed by atoms with Gasteiger partial charge >= 0.3 is 6.03 Å². The Morgan fingerprint density at radius 3 is 2.57 bits per heavy atom. The van der Waals surface area contributed by atoms with Crippen molar-refractivity contribution in [1.29, 1.82) is 0 Å². The van der Waals surface area contributed by atoms with Gasteiger partial charge in [-0.15, -0.1) is 0 Å². The number of hydrogen-bond acceptors (Lipinski definition) is 4. The first kappa shape index (κ1) is 16.5. The van der Waals surface area contributed by atoms with Crippen molar-refractivity contribution in [3.8, 4) is 0 Å². The first-order valence-electron chi connectivity index (χ1n) is 7.39. The van der Waals surface area contributed by atoms with E-state index in [1.165, 1.54) is 0 Å². The molecule has 0 saturated heterocycles. The average molecular weight is 316 g/mol. The summed E-state index contributed by atoms with van der Waals surface area (Å²) >= 11 is 0. The van der Waals surface area contributed by atoms with Crippen molar-refractivity contribution < 1.29 is 14.1 Å². The second kappa shape index (κ2) is 7.98. The molecular weight excluding hydrogens is 296 g/mol. The summed E-state index contributed by atoms with van der Waals surface area (Å²) in [5.74, 6) is 0.555. The Morgan fingerprint density at radius 2 is 1.96 bits per heavy atom. The van der Waals surface area contributed by atoms with Gasteiger partial charge in [-0.2, -0.15) is 0 Å². The molecule has 122 valence electrons. The fourth-order valence-corrected chi connectivity index (χ4v) is 1.93. The van der Waals surface area contributed by atoms with Crippen LogP contribution in [0.2, 0.25) is 0 Å². The Labute approximate surface area is 134 Å². The number of hydrogen-bond donors (Lipinski definition) is 3. The summed E-state index contributed by atoms with van der Waals surface area (Å²) in [6.45, 7) is 2.25. The lowest BCUT2D eigenvalue weighted by Gasteiger charge is -2.07. The zero-order valence-corrected chi connectivity index (χ0v) is 13.2. The summed E-state index contributed by atoms with van der Waals surface area (Å²) in [4.78, 5) is 23.1. The van der Waals surface area contributed by atoms with Crippen LogP contribution in [0.15, 0.2) is 34.9 Å².